The van der Waals surface area contributed by atoms with Crippen LogP contribution in [-0.4, -0.2) is 37.7 Å². The fourth-order valence-corrected chi connectivity index (χ4v) is 5.46. The molecule has 3 saturated carbocycles. The molecule has 0 aromatic rings. The van der Waals surface area contributed by atoms with Crippen molar-refractivity contribution in [3.63, 3.8) is 0 Å². The van der Waals surface area contributed by atoms with Gasteiger partial charge in [-0.3, -0.25) is 4.79 Å². The zero-order valence-corrected chi connectivity index (χ0v) is 13.4. The van der Waals surface area contributed by atoms with Gasteiger partial charge < -0.3 is 15.4 Å². The molecule has 4 fully saturated rings. The highest BCUT2D eigenvalue weighted by molar-refractivity contribution is 5.85. The average molecular weight is 315 g/mol. The lowest BCUT2D eigenvalue weighted by atomic mass is 9.79. The Bertz CT molecular complexity index is 386. The molecule has 2 N–H and O–H groups in total. The molecule has 1 aliphatic heterocycles. The fourth-order valence-electron chi connectivity index (χ4n) is 5.46. The molecule has 3 aliphatic carbocycles. The molecule has 6 unspecified atom stereocenters. The predicted octanol–water partition coefficient (Wildman–Crippen LogP) is 1.73. The second kappa shape index (κ2) is 6.43. The van der Waals surface area contributed by atoms with Gasteiger partial charge in [-0.2, -0.15) is 0 Å². The van der Waals surface area contributed by atoms with Gasteiger partial charge in [0.2, 0.25) is 5.91 Å². The summed E-state index contributed by atoms with van der Waals surface area (Å²) in [4.78, 5) is 12.2. The van der Waals surface area contributed by atoms with E-state index in [1.165, 1.54) is 32.1 Å². The Morgan fingerprint density at radius 1 is 1.19 bits per heavy atom. The minimum Gasteiger partial charge on any atom is -0.375 e. The summed E-state index contributed by atoms with van der Waals surface area (Å²) in [5.41, 5.74) is 0. The number of carbonyl (C=O) groups excluding carboxylic acids is 1. The van der Waals surface area contributed by atoms with Gasteiger partial charge in [0.25, 0.3) is 0 Å². The molecule has 1 saturated heterocycles. The Morgan fingerprint density at radius 3 is 2.86 bits per heavy atom. The summed E-state index contributed by atoms with van der Waals surface area (Å²) in [6.07, 6.45) is 7.49. The van der Waals surface area contributed by atoms with Crippen molar-refractivity contribution in [3.05, 3.63) is 0 Å². The van der Waals surface area contributed by atoms with Gasteiger partial charge in [0.1, 0.15) is 0 Å². The number of morpholine rings is 1. The van der Waals surface area contributed by atoms with Crippen LogP contribution in [0, 0.1) is 23.7 Å². The molecular weight excluding hydrogens is 288 g/mol. The van der Waals surface area contributed by atoms with Crippen LogP contribution in [0.4, 0.5) is 0 Å². The van der Waals surface area contributed by atoms with E-state index in [1.54, 1.807) is 0 Å². The van der Waals surface area contributed by atoms with Crippen molar-refractivity contribution in [1.29, 1.82) is 0 Å². The number of halogens is 1. The minimum atomic E-state index is 0. The van der Waals surface area contributed by atoms with Crippen LogP contribution in [-0.2, 0) is 9.53 Å². The summed E-state index contributed by atoms with van der Waals surface area (Å²) in [7, 11) is 0. The van der Waals surface area contributed by atoms with Crippen LogP contribution >= 0.6 is 12.4 Å². The Balaban J connectivity index is 0.00000132. The van der Waals surface area contributed by atoms with Crippen LogP contribution in [0.3, 0.4) is 0 Å². The van der Waals surface area contributed by atoms with Crippen molar-refractivity contribution < 1.29 is 9.53 Å². The first kappa shape index (κ1) is 15.6. The molecule has 2 bridgehead atoms. The highest BCUT2D eigenvalue weighted by Gasteiger charge is 2.53. The van der Waals surface area contributed by atoms with Gasteiger partial charge in [-0.05, 0) is 49.4 Å². The number of hydrogen-bond donors (Lipinski definition) is 2. The maximum Gasteiger partial charge on any atom is 0.222 e. The fraction of sp³-hybridized carbons (Fsp3) is 0.938. The Labute approximate surface area is 133 Å². The van der Waals surface area contributed by atoms with Crippen LogP contribution < -0.4 is 10.6 Å². The molecule has 120 valence electrons. The molecule has 21 heavy (non-hydrogen) atoms. The van der Waals surface area contributed by atoms with Gasteiger partial charge in [0, 0.05) is 19.1 Å². The summed E-state index contributed by atoms with van der Waals surface area (Å²) < 4.78 is 5.62. The average Bonchev–Trinajstić information content (AvgIpc) is 3.11. The number of fused-ring (bicyclic) bond motifs is 5. The smallest absolute Gasteiger partial charge is 0.222 e. The molecule has 4 nitrogen and oxygen atoms in total. The zero-order chi connectivity index (χ0) is 13.5. The van der Waals surface area contributed by atoms with Crippen LogP contribution in [0.2, 0.25) is 0 Å². The van der Waals surface area contributed by atoms with E-state index in [9.17, 15) is 4.79 Å². The molecule has 1 amide bonds. The SMILES string of the molecule is Cl.O=C(CC1CNCCO1)NC1CC2CC1C1CCCC21. The second-order valence-electron chi connectivity index (χ2n) is 7.23. The molecular formula is C16H27ClN2O2. The summed E-state index contributed by atoms with van der Waals surface area (Å²) in [6, 6.07) is 0.461. The second-order valence-corrected chi connectivity index (χ2v) is 7.23. The van der Waals surface area contributed by atoms with Gasteiger partial charge in [0.15, 0.2) is 0 Å². The summed E-state index contributed by atoms with van der Waals surface area (Å²) in [5, 5.41) is 6.61. The van der Waals surface area contributed by atoms with Crippen molar-refractivity contribution in [1.82, 2.24) is 10.6 Å². The normalized spacial score (nSPS) is 44.2. The Morgan fingerprint density at radius 2 is 2.05 bits per heavy atom. The van der Waals surface area contributed by atoms with Crippen molar-refractivity contribution >= 4 is 18.3 Å². The third-order valence-corrected chi connectivity index (χ3v) is 6.19. The first-order chi connectivity index (χ1) is 9.81. The monoisotopic (exact) mass is 314 g/mol. The lowest BCUT2D eigenvalue weighted by Gasteiger charge is -2.32. The van der Waals surface area contributed by atoms with E-state index in [0.717, 1.165) is 43.4 Å². The first-order valence-electron chi connectivity index (χ1n) is 8.43. The van der Waals surface area contributed by atoms with Gasteiger partial charge in [0.05, 0.1) is 19.1 Å². The maximum atomic E-state index is 12.2. The Kier molecular flexibility index (Phi) is 4.77. The predicted molar refractivity (Wildman–Crippen MR) is 83.5 cm³/mol. The molecule has 4 rings (SSSR count). The number of hydrogen-bond acceptors (Lipinski definition) is 3. The molecule has 0 aromatic carbocycles. The van der Waals surface area contributed by atoms with Crippen LogP contribution in [0.15, 0.2) is 0 Å². The summed E-state index contributed by atoms with van der Waals surface area (Å²) >= 11 is 0. The molecule has 0 spiro atoms. The van der Waals surface area contributed by atoms with E-state index in [0.29, 0.717) is 12.5 Å². The maximum absolute atomic E-state index is 12.2. The molecule has 1 heterocycles. The van der Waals surface area contributed by atoms with Crippen molar-refractivity contribution in [2.24, 2.45) is 23.7 Å². The van der Waals surface area contributed by atoms with E-state index in [4.69, 9.17) is 4.74 Å². The number of amides is 1. The quantitative estimate of drug-likeness (QED) is 0.834. The molecule has 6 atom stereocenters. The van der Waals surface area contributed by atoms with Crippen molar-refractivity contribution in [2.75, 3.05) is 19.7 Å². The standard InChI is InChI=1S/C16H26N2O2.ClH/c19-16(8-11-9-17-4-5-20-11)18-15-7-10-6-14(15)13-3-1-2-12(10)13;/h10-15,17H,1-9H2,(H,18,19);1H. The van der Waals surface area contributed by atoms with Crippen LogP contribution in [0.1, 0.15) is 38.5 Å². The minimum absolute atomic E-state index is 0. The van der Waals surface area contributed by atoms with Gasteiger partial charge >= 0.3 is 0 Å². The van der Waals surface area contributed by atoms with E-state index in [1.807, 2.05) is 0 Å². The number of ether oxygens (including phenoxy) is 1. The largest absolute Gasteiger partial charge is 0.375 e. The van der Waals surface area contributed by atoms with E-state index >= 15 is 0 Å². The summed E-state index contributed by atoms with van der Waals surface area (Å²) in [5.74, 6) is 3.81. The zero-order valence-electron chi connectivity index (χ0n) is 12.6. The van der Waals surface area contributed by atoms with Gasteiger partial charge in [-0.25, -0.2) is 0 Å². The Hall–Kier alpha value is -0.320. The lowest BCUT2D eigenvalue weighted by Crippen LogP contribution is -2.46. The van der Waals surface area contributed by atoms with E-state index in [2.05, 4.69) is 10.6 Å². The van der Waals surface area contributed by atoms with E-state index in [-0.39, 0.29) is 24.4 Å². The van der Waals surface area contributed by atoms with Crippen LogP contribution in [0.25, 0.3) is 0 Å². The van der Waals surface area contributed by atoms with Crippen molar-refractivity contribution in [3.8, 4) is 0 Å². The molecule has 5 heteroatoms. The highest BCUT2D eigenvalue weighted by atomic mass is 35.5. The third kappa shape index (κ3) is 2.95. The summed E-state index contributed by atoms with van der Waals surface area (Å²) in [6.45, 7) is 2.46. The highest BCUT2D eigenvalue weighted by Crippen LogP contribution is 2.58. The van der Waals surface area contributed by atoms with Gasteiger partial charge in [-0.15, -0.1) is 12.4 Å². The first-order valence-corrected chi connectivity index (χ1v) is 8.43. The number of carbonyl (C=O) groups is 1. The van der Waals surface area contributed by atoms with Crippen LogP contribution in [0.5, 0.6) is 0 Å². The van der Waals surface area contributed by atoms with Gasteiger partial charge in [-0.1, -0.05) is 6.42 Å². The number of rotatable bonds is 3. The van der Waals surface area contributed by atoms with Crippen molar-refractivity contribution in [2.45, 2.75) is 50.7 Å². The molecule has 0 radical (unpaired) electrons. The third-order valence-electron chi connectivity index (χ3n) is 6.19. The lowest BCUT2D eigenvalue weighted by molar-refractivity contribution is -0.125. The topological polar surface area (TPSA) is 50.4 Å². The molecule has 4 aliphatic rings. The van der Waals surface area contributed by atoms with E-state index < -0.39 is 0 Å². The number of nitrogens with one attached hydrogen (secondary N) is 2. The molecule has 0 aromatic heterocycles.